The zero-order chi connectivity index (χ0) is 83.9. The molecule has 0 saturated carbocycles. The molecule has 14 heterocycles. The maximum atomic E-state index is 15.6. The highest BCUT2D eigenvalue weighted by atomic mass is 16.2. The van der Waals surface area contributed by atoms with Gasteiger partial charge >= 0.3 is 0 Å². The van der Waals surface area contributed by atoms with Gasteiger partial charge in [-0.05, 0) is 172 Å². The number of fused-ring (bicyclic) bond motifs is 18. The minimum Gasteiger partial charge on any atom is -0.378 e. The van der Waals surface area contributed by atoms with Gasteiger partial charge in [-0.2, -0.15) is 0 Å². The molecule has 36 heteroatoms. The van der Waals surface area contributed by atoms with E-state index in [0.717, 1.165) is 0 Å². The highest BCUT2D eigenvalue weighted by molar-refractivity contribution is 6.11. The molecule has 8 atom stereocenters. The molecule has 6 fully saturated rings. The minimum atomic E-state index is -1.36. The van der Waals surface area contributed by atoms with Gasteiger partial charge in [-0.1, -0.05) is 48.5 Å². The molecule has 0 spiro atoms. The van der Waals surface area contributed by atoms with Crippen LogP contribution in [0.25, 0.3) is 11.1 Å². The number of hydrogen-bond donors (Lipinski definition) is 8. The molecule has 6 unspecified atom stereocenters. The monoisotopic (exact) mass is 1620 g/mol. The number of pyridine rings is 6. The third kappa shape index (κ3) is 16.2. The fourth-order valence-corrected chi connectivity index (χ4v) is 16.8. The number of hydrogen-bond acceptors (Lipinski definition) is 22. The second-order valence-electron chi connectivity index (χ2n) is 31.0. The summed E-state index contributed by atoms with van der Waals surface area (Å²) in [6.07, 6.45) is 2.60. The van der Waals surface area contributed by atoms with E-state index in [0.29, 0.717) is 49.9 Å². The van der Waals surface area contributed by atoms with Gasteiger partial charge in [0.25, 0.3) is 47.3 Å². The molecule has 8 aromatic rings. The zero-order valence-electron chi connectivity index (χ0n) is 65.8. The van der Waals surface area contributed by atoms with Crippen molar-refractivity contribution in [1.82, 2.24) is 69.9 Å². The van der Waals surface area contributed by atoms with Crippen molar-refractivity contribution in [1.29, 1.82) is 0 Å². The van der Waals surface area contributed by atoms with Gasteiger partial charge in [0.2, 0.25) is 35.4 Å². The van der Waals surface area contributed by atoms with Crippen LogP contribution in [-0.2, 0) is 28.8 Å². The van der Waals surface area contributed by atoms with E-state index in [2.05, 4.69) is 72.4 Å². The summed E-state index contributed by atoms with van der Waals surface area (Å²) in [6, 6.07) is 28.0. The Labute approximate surface area is 686 Å². The Bertz CT molecular complexity index is 5250. The molecular weight excluding hydrogens is 1540 g/mol. The van der Waals surface area contributed by atoms with E-state index in [1.54, 1.807) is 86.5 Å². The molecule has 2 aromatic carbocycles. The first kappa shape index (κ1) is 79.4. The smallest absolute Gasteiger partial charge is 0.273 e. The second-order valence-corrected chi connectivity index (χ2v) is 31.0. The Morgan fingerprint density at radius 1 is 0.317 bits per heavy atom. The first-order chi connectivity index (χ1) is 57.9. The molecule has 6 saturated heterocycles. The lowest BCUT2D eigenvalue weighted by molar-refractivity contribution is -0.120. The van der Waals surface area contributed by atoms with Crippen LogP contribution in [0.4, 0.5) is 46.3 Å². The first-order valence-corrected chi connectivity index (χ1v) is 39.6. The Hall–Kier alpha value is -14.5. The van der Waals surface area contributed by atoms with Gasteiger partial charge < -0.3 is 81.7 Å². The Balaban J connectivity index is 0.690. The molecule has 6 aromatic heterocycles. The molecule has 14 amide bonds. The second kappa shape index (κ2) is 33.3. The molecule has 8 aliphatic heterocycles. The highest BCUT2D eigenvalue weighted by Gasteiger charge is 2.46. The molecule has 614 valence electrons. The standard InChI is InChI=1S/C84H84N22O14/c1-99(2)47-31-33-49(51(41-47)71(107)85-45-39-63-77(113)97-69-29-7-17-55(89-69)81(117)103-37-11-21-59(103)73(109)93-65-25-5-15-53(87-65)79(115)101-35-13-23-61(101)75(111)95-67-27-9-19-57(91-67)83(119)105(63)43-45)50-34-32-48(100(3)4)42-52(50)72(108)86-46-40-64-78(114)98-70-30-8-18-56(90-70)82(118)104-38-12-22-60(104)74(110)94-66-26-6-16-54(88-66)80(116)102-36-14-24-62(102)76(112)96-68-28-10-20-58(92-68)84(120)106(64)44-46/h5-10,15-20,25-34,41-42,45-46,59-64H,11-14,21-24,35-40,43-44H2,1-4H3,(H,85,107)(H,86,108)(H,87,93,109)(H,88,94,110)(H,89,97,113)(H,90,98,114)(H,91,95,111)(H,92,96,112)/t45-,46-,59?,60?,61?,62?,63?,64?/m0/s1. The van der Waals surface area contributed by atoms with Crippen LogP contribution in [0.15, 0.2) is 146 Å². The molecule has 8 N–H and O–H groups in total. The van der Waals surface area contributed by atoms with Gasteiger partial charge in [0.15, 0.2) is 0 Å². The number of aromatic nitrogens is 6. The van der Waals surface area contributed by atoms with Crippen LogP contribution in [0.1, 0.15) is 148 Å². The molecular formula is C84H84N22O14. The van der Waals surface area contributed by atoms with Gasteiger partial charge in [0, 0.05) is 102 Å². The summed E-state index contributed by atoms with van der Waals surface area (Å²) in [7, 11) is 7.08. The van der Waals surface area contributed by atoms with Crippen LogP contribution in [0.2, 0.25) is 0 Å². The van der Waals surface area contributed by atoms with E-state index in [1.165, 1.54) is 126 Å². The number of anilines is 8. The average Bonchev–Trinajstić information content (AvgIpc) is 1.21. The van der Waals surface area contributed by atoms with Gasteiger partial charge in [-0.15, -0.1) is 0 Å². The number of carbonyl (C=O) groups is 14. The molecule has 16 rings (SSSR count). The summed E-state index contributed by atoms with van der Waals surface area (Å²) in [5.74, 6) is -9.34. The number of benzene rings is 2. The van der Waals surface area contributed by atoms with E-state index in [1.807, 2.05) is 0 Å². The third-order valence-corrected chi connectivity index (χ3v) is 22.8. The summed E-state index contributed by atoms with van der Waals surface area (Å²) in [5, 5.41) is 22.8. The quantitative estimate of drug-likeness (QED) is 0.107. The van der Waals surface area contributed by atoms with E-state index >= 15 is 28.8 Å². The van der Waals surface area contributed by atoms with E-state index < -0.39 is 131 Å². The van der Waals surface area contributed by atoms with Crippen LogP contribution in [-0.4, -0.2) is 258 Å². The van der Waals surface area contributed by atoms with Crippen molar-refractivity contribution in [3.63, 3.8) is 0 Å². The molecule has 8 aliphatic rings. The lowest BCUT2D eigenvalue weighted by atomic mass is 9.93. The summed E-state index contributed by atoms with van der Waals surface area (Å²) in [4.78, 5) is 244. The largest absolute Gasteiger partial charge is 0.378 e. The van der Waals surface area contributed by atoms with Crippen LogP contribution < -0.4 is 52.3 Å². The lowest BCUT2D eigenvalue weighted by Crippen LogP contribution is -2.45. The highest BCUT2D eigenvalue weighted by Crippen LogP contribution is 2.36. The van der Waals surface area contributed by atoms with Crippen molar-refractivity contribution in [2.45, 2.75) is 113 Å². The predicted octanol–water partition coefficient (Wildman–Crippen LogP) is 4.76. The lowest BCUT2D eigenvalue weighted by Gasteiger charge is -2.25. The van der Waals surface area contributed by atoms with Crippen LogP contribution in [0.3, 0.4) is 0 Å². The average molecular weight is 1630 g/mol. The van der Waals surface area contributed by atoms with Crippen molar-refractivity contribution < 1.29 is 67.1 Å². The fourth-order valence-electron chi connectivity index (χ4n) is 16.8. The van der Waals surface area contributed by atoms with Crippen LogP contribution in [0, 0.1) is 0 Å². The summed E-state index contributed by atoms with van der Waals surface area (Å²) in [6.45, 7) is 0.209. The number of nitrogens with one attached hydrogen (secondary N) is 8. The molecule has 0 aliphatic carbocycles. The maximum absolute atomic E-state index is 15.6. The first-order valence-electron chi connectivity index (χ1n) is 39.6. The van der Waals surface area contributed by atoms with Crippen molar-refractivity contribution in [2.24, 2.45) is 0 Å². The van der Waals surface area contributed by atoms with Crippen molar-refractivity contribution in [2.75, 3.05) is 109 Å². The SMILES string of the molecule is CN(C)c1ccc(-c2ccc(N(C)C)cc2C(=O)N[C@H]2CC3C(=O)Nc4cccc(n4)C(=O)N4CCCC4C(=O)Nc4cccc(n4)C(=O)N4CCCC4C(=O)Nc4cccc(n4)C(=O)N3C2)c(C(=O)N[C@H]2CC3C(=O)Nc4cccc(n4)C(=O)N4CCCC4C(=O)Nc4cccc(n4)C(=O)N4CCCC4C(=O)Nc4cccc(n4)C(=O)N3C2)c1. The fraction of sp³-hybridized carbons (Fsp3) is 0.333. The van der Waals surface area contributed by atoms with E-state index in [4.69, 9.17) is 0 Å². The number of nitrogens with zero attached hydrogens (tertiary/aromatic N) is 14. The topological polar surface area (TPSA) is 438 Å². The molecule has 12 bridgehead atoms. The van der Waals surface area contributed by atoms with Crippen LogP contribution in [0.5, 0.6) is 0 Å². The number of amides is 14. The minimum absolute atomic E-state index is 0.0418. The van der Waals surface area contributed by atoms with Gasteiger partial charge in [-0.3, -0.25) is 67.1 Å². The summed E-state index contributed by atoms with van der Waals surface area (Å²) < 4.78 is 0. The van der Waals surface area contributed by atoms with Crippen LogP contribution >= 0.6 is 0 Å². The van der Waals surface area contributed by atoms with Gasteiger partial charge in [-0.25, -0.2) is 29.9 Å². The normalized spacial score (nSPS) is 22.4. The van der Waals surface area contributed by atoms with Crippen molar-refractivity contribution in [3.8, 4) is 11.1 Å². The summed E-state index contributed by atoms with van der Waals surface area (Å²) >= 11 is 0. The predicted molar refractivity (Wildman–Crippen MR) is 435 cm³/mol. The molecule has 36 nitrogen and oxygen atoms in total. The van der Waals surface area contributed by atoms with Gasteiger partial charge in [0.1, 0.15) is 105 Å². The maximum Gasteiger partial charge on any atom is 0.273 e. The number of carbonyl (C=O) groups excluding carboxylic acids is 14. The van der Waals surface area contributed by atoms with E-state index in [9.17, 15) is 38.4 Å². The molecule has 120 heavy (non-hydrogen) atoms. The zero-order valence-corrected chi connectivity index (χ0v) is 65.8. The third-order valence-electron chi connectivity index (χ3n) is 22.8. The van der Waals surface area contributed by atoms with Gasteiger partial charge in [0.05, 0.1) is 0 Å². The molecule has 0 radical (unpaired) electrons. The van der Waals surface area contributed by atoms with Crippen molar-refractivity contribution in [3.05, 3.63) is 191 Å². The number of rotatable bonds is 7. The Kier molecular flexibility index (Phi) is 22.0. The van der Waals surface area contributed by atoms with Crippen molar-refractivity contribution >= 4 is 129 Å². The Morgan fingerprint density at radius 3 is 0.792 bits per heavy atom. The van der Waals surface area contributed by atoms with E-state index in [-0.39, 0.29) is 156 Å². The Morgan fingerprint density at radius 2 is 0.550 bits per heavy atom. The summed E-state index contributed by atoms with van der Waals surface area (Å²) in [5.41, 5.74) is 1.05.